The van der Waals surface area contributed by atoms with Crippen LogP contribution in [0.3, 0.4) is 0 Å². The molecule has 1 atom stereocenters. The maximum atomic E-state index is 13.1. The highest BCUT2D eigenvalue weighted by Crippen LogP contribution is 2.37. The molecule has 4 nitrogen and oxygen atoms in total. The van der Waals surface area contributed by atoms with Crippen molar-refractivity contribution >= 4 is 16.8 Å². The molecule has 0 aliphatic carbocycles. The minimum Gasteiger partial charge on any atom is -0.496 e. The molecule has 1 aromatic carbocycles. The van der Waals surface area contributed by atoms with Crippen LogP contribution in [-0.4, -0.2) is 35.0 Å². The normalized spacial score (nSPS) is 20.4. The van der Waals surface area contributed by atoms with Crippen molar-refractivity contribution < 1.29 is 9.53 Å². The van der Waals surface area contributed by atoms with Crippen LogP contribution in [0.25, 0.3) is 10.9 Å². The average Bonchev–Trinajstić information content (AvgIpc) is 3.06. The van der Waals surface area contributed by atoms with Crippen molar-refractivity contribution in [3.05, 3.63) is 30.0 Å². The van der Waals surface area contributed by atoms with Crippen LogP contribution >= 0.6 is 0 Å². The molecule has 1 fully saturated rings. The third kappa shape index (κ3) is 2.71. The standard InChI is InChI=1S/C19H26N2O2/c1-12(2)13-10-19(3,4)21(11-13)18(22)16-9-14-15(20-16)7-6-8-17(14)23-5/h6-9,12-13,20H,10-11H2,1-5H3. The first-order valence-electron chi connectivity index (χ1n) is 8.31. The van der Waals surface area contributed by atoms with E-state index < -0.39 is 0 Å². The SMILES string of the molecule is COc1cccc2[nH]c(C(=O)N3CC(C(C)C)CC3(C)C)cc12. The van der Waals surface area contributed by atoms with Gasteiger partial charge in [-0.05, 0) is 50.3 Å². The van der Waals surface area contributed by atoms with Crippen LogP contribution < -0.4 is 4.74 Å². The predicted molar refractivity (Wildman–Crippen MR) is 92.9 cm³/mol. The van der Waals surface area contributed by atoms with E-state index in [0.717, 1.165) is 29.6 Å². The van der Waals surface area contributed by atoms with Crippen molar-refractivity contribution in [2.45, 2.75) is 39.7 Å². The fraction of sp³-hybridized carbons (Fsp3) is 0.526. The number of fused-ring (bicyclic) bond motifs is 1. The summed E-state index contributed by atoms with van der Waals surface area (Å²) in [5.74, 6) is 2.03. The van der Waals surface area contributed by atoms with Gasteiger partial charge in [0.2, 0.25) is 0 Å². The van der Waals surface area contributed by atoms with Gasteiger partial charge in [0.15, 0.2) is 0 Å². The zero-order chi connectivity index (χ0) is 16.8. The van der Waals surface area contributed by atoms with Gasteiger partial charge in [0.1, 0.15) is 11.4 Å². The number of benzene rings is 1. The number of likely N-dealkylation sites (tertiary alicyclic amines) is 1. The molecule has 2 aromatic rings. The van der Waals surface area contributed by atoms with Crippen molar-refractivity contribution in [2.24, 2.45) is 11.8 Å². The number of nitrogens with one attached hydrogen (secondary N) is 1. The number of aromatic amines is 1. The van der Waals surface area contributed by atoms with E-state index in [1.807, 2.05) is 29.2 Å². The molecule has 0 radical (unpaired) electrons. The highest BCUT2D eigenvalue weighted by atomic mass is 16.5. The van der Waals surface area contributed by atoms with Gasteiger partial charge >= 0.3 is 0 Å². The molecule has 1 unspecified atom stereocenters. The molecular formula is C19H26N2O2. The Bertz CT molecular complexity index is 730. The lowest BCUT2D eigenvalue weighted by Gasteiger charge is -2.31. The van der Waals surface area contributed by atoms with E-state index in [4.69, 9.17) is 4.74 Å². The Morgan fingerprint density at radius 3 is 2.74 bits per heavy atom. The summed E-state index contributed by atoms with van der Waals surface area (Å²) >= 11 is 0. The molecule has 1 aromatic heterocycles. The first-order chi connectivity index (χ1) is 10.8. The van der Waals surface area contributed by atoms with Gasteiger partial charge in [-0.15, -0.1) is 0 Å². The summed E-state index contributed by atoms with van der Waals surface area (Å²) in [6.45, 7) is 9.63. The molecule has 0 bridgehead atoms. The highest BCUT2D eigenvalue weighted by molar-refractivity contribution is 6.00. The summed E-state index contributed by atoms with van der Waals surface area (Å²) in [7, 11) is 1.65. The minimum absolute atomic E-state index is 0.0800. The number of H-pyrrole nitrogens is 1. The Morgan fingerprint density at radius 2 is 2.13 bits per heavy atom. The first-order valence-corrected chi connectivity index (χ1v) is 8.31. The average molecular weight is 314 g/mol. The zero-order valence-corrected chi connectivity index (χ0v) is 14.6. The molecule has 1 amide bonds. The topological polar surface area (TPSA) is 45.3 Å². The molecule has 0 saturated carbocycles. The molecule has 2 heterocycles. The van der Waals surface area contributed by atoms with E-state index in [2.05, 4.69) is 32.7 Å². The number of hydrogen-bond acceptors (Lipinski definition) is 2. The van der Waals surface area contributed by atoms with Gasteiger partial charge in [-0.25, -0.2) is 0 Å². The largest absolute Gasteiger partial charge is 0.496 e. The monoisotopic (exact) mass is 314 g/mol. The molecule has 0 spiro atoms. The molecule has 1 N–H and O–H groups in total. The molecule has 4 heteroatoms. The smallest absolute Gasteiger partial charge is 0.270 e. The van der Waals surface area contributed by atoms with Gasteiger partial charge in [0.25, 0.3) is 5.91 Å². The molecule has 23 heavy (non-hydrogen) atoms. The Hall–Kier alpha value is -1.97. The number of amides is 1. The maximum absolute atomic E-state index is 13.1. The quantitative estimate of drug-likeness (QED) is 0.928. The van der Waals surface area contributed by atoms with Crippen LogP contribution in [-0.2, 0) is 0 Å². The summed E-state index contributed by atoms with van der Waals surface area (Å²) < 4.78 is 5.39. The van der Waals surface area contributed by atoms with Gasteiger partial charge in [-0.2, -0.15) is 0 Å². The molecule has 124 valence electrons. The lowest BCUT2D eigenvalue weighted by molar-refractivity contribution is 0.0643. The van der Waals surface area contributed by atoms with Crippen LogP contribution in [0.5, 0.6) is 5.75 Å². The lowest BCUT2D eigenvalue weighted by Crippen LogP contribution is -2.42. The molecular weight excluding hydrogens is 288 g/mol. The number of carbonyl (C=O) groups is 1. The summed E-state index contributed by atoms with van der Waals surface area (Å²) in [6.07, 6.45) is 1.06. The number of aromatic nitrogens is 1. The highest BCUT2D eigenvalue weighted by Gasteiger charge is 2.42. The Labute approximate surface area is 137 Å². The van der Waals surface area contributed by atoms with Crippen LogP contribution in [0.15, 0.2) is 24.3 Å². The van der Waals surface area contributed by atoms with Crippen molar-refractivity contribution in [2.75, 3.05) is 13.7 Å². The van der Waals surface area contributed by atoms with Crippen LogP contribution in [0.1, 0.15) is 44.6 Å². The second-order valence-electron chi connectivity index (χ2n) is 7.54. The maximum Gasteiger partial charge on any atom is 0.270 e. The Balaban J connectivity index is 1.94. The third-order valence-electron chi connectivity index (χ3n) is 5.17. The van der Waals surface area contributed by atoms with Gasteiger partial charge in [0.05, 0.1) is 7.11 Å². The van der Waals surface area contributed by atoms with E-state index >= 15 is 0 Å². The van der Waals surface area contributed by atoms with Gasteiger partial charge in [-0.3, -0.25) is 4.79 Å². The van der Waals surface area contributed by atoms with Gasteiger partial charge < -0.3 is 14.6 Å². The fourth-order valence-electron chi connectivity index (χ4n) is 3.67. The van der Waals surface area contributed by atoms with Crippen LogP contribution in [0.2, 0.25) is 0 Å². The predicted octanol–water partition coefficient (Wildman–Crippen LogP) is 4.07. The van der Waals surface area contributed by atoms with Gasteiger partial charge in [-0.1, -0.05) is 19.9 Å². The number of rotatable bonds is 3. The van der Waals surface area contributed by atoms with Crippen molar-refractivity contribution in [1.29, 1.82) is 0 Å². The summed E-state index contributed by atoms with van der Waals surface area (Å²) in [5.41, 5.74) is 1.47. The number of ether oxygens (including phenoxy) is 1. The lowest BCUT2D eigenvalue weighted by atomic mass is 9.89. The van der Waals surface area contributed by atoms with E-state index in [-0.39, 0.29) is 11.4 Å². The Kier molecular flexibility index (Phi) is 3.86. The third-order valence-corrected chi connectivity index (χ3v) is 5.17. The summed E-state index contributed by atoms with van der Waals surface area (Å²) in [4.78, 5) is 18.3. The number of carbonyl (C=O) groups excluding carboxylic acids is 1. The first kappa shape index (κ1) is 15.9. The molecule has 1 aliphatic rings. The van der Waals surface area contributed by atoms with E-state index in [1.165, 1.54) is 0 Å². The minimum atomic E-state index is -0.104. The second-order valence-corrected chi connectivity index (χ2v) is 7.54. The van der Waals surface area contributed by atoms with E-state index in [9.17, 15) is 4.79 Å². The van der Waals surface area contributed by atoms with Crippen molar-refractivity contribution in [3.63, 3.8) is 0 Å². The zero-order valence-electron chi connectivity index (χ0n) is 14.6. The fourth-order valence-corrected chi connectivity index (χ4v) is 3.67. The van der Waals surface area contributed by atoms with Crippen LogP contribution in [0, 0.1) is 11.8 Å². The van der Waals surface area contributed by atoms with Crippen molar-refractivity contribution in [3.8, 4) is 5.75 Å². The summed E-state index contributed by atoms with van der Waals surface area (Å²) in [5, 5.41) is 0.954. The molecule has 1 saturated heterocycles. The van der Waals surface area contributed by atoms with E-state index in [1.54, 1.807) is 7.11 Å². The van der Waals surface area contributed by atoms with Crippen molar-refractivity contribution in [1.82, 2.24) is 9.88 Å². The number of hydrogen-bond donors (Lipinski definition) is 1. The van der Waals surface area contributed by atoms with Crippen LogP contribution in [0.4, 0.5) is 0 Å². The number of nitrogens with zero attached hydrogens (tertiary/aromatic N) is 1. The number of methoxy groups -OCH3 is 1. The van der Waals surface area contributed by atoms with Gasteiger partial charge in [0, 0.05) is 23.0 Å². The second kappa shape index (κ2) is 5.59. The molecule has 3 rings (SSSR count). The summed E-state index contributed by atoms with van der Waals surface area (Å²) in [6, 6.07) is 7.73. The Morgan fingerprint density at radius 1 is 1.39 bits per heavy atom. The molecule has 1 aliphatic heterocycles. The van der Waals surface area contributed by atoms with E-state index in [0.29, 0.717) is 17.5 Å².